The quantitative estimate of drug-likeness (QED) is 0.574. The Morgan fingerprint density at radius 1 is 1.43 bits per heavy atom. The molecule has 0 unspecified atom stereocenters. The summed E-state index contributed by atoms with van der Waals surface area (Å²) in [6, 6.07) is 0. The van der Waals surface area contributed by atoms with Gasteiger partial charge >= 0.3 is 11.9 Å². The molecule has 0 heterocycles. The van der Waals surface area contributed by atoms with E-state index in [0.717, 1.165) is 21.1 Å². The van der Waals surface area contributed by atoms with Gasteiger partial charge in [-0.05, 0) is 11.4 Å². The molecule has 0 amide bonds. The largest absolute Gasteiger partial charge is 0.468 e. The Morgan fingerprint density at radius 3 is 2.00 bits per heavy atom. The zero-order valence-electron chi connectivity index (χ0n) is 10.2. The van der Waals surface area contributed by atoms with Crippen molar-refractivity contribution in [3.63, 3.8) is 0 Å². The van der Waals surface area contributed by atoms with E-state index in [4.69, 9.17) is 2.74 Å². The summed E-state index contributed by atoms with van der Waals surface area (Å²) in [5.74, 6) is -2.05. The van der Waals surface area contributed by atoms with Crippen LogP contribution in [0.2, 0.25) is 0 Å². The molecule has 0 fully saturated rings. The molecule has 0 aromatic rings. The minimum absolute atomic E-state index is 0.140. The molecule has 0 radical (unpaired) electrons. The Bertz CT molecular complexity index is 311. The van der Waals surface area contributed by atoms with Crippen molar-refractivity contribution in [1.82, 2.24) is 0 Å². The predicted molar refractivity (Wildman–Crippen MR) is 54.8 cm³/mol. The highest BCUT2D eigenvalue weighted by Gasteiger charge is 2.43. The predicted octanol–water partition coefficient (Wildman–Crippen LogP) is 1.64. The van der Waals surface area contributed by atoms with Crippen LogP contribution in [0.1, 0.15) is 16.0 Å². The van der Waals surface area contributed by atoms with Gasteiger partial charge in [0.25, 0.3) is 0 Å². The smallest absolute Gasteiger partial charge is 0.323 e. The van der Waals surface area contributed by atoms with Crippen LogP contribution in [0.25, 0.3) is 0 Å². The van der Waals surface area contributed by atoms with Gasteiger partial charge in [-0.25, -0.2) is 0 Å². The molecule has 5 heteroatoms. The first-order valence-electron chi connectivity index (χ1n) is 4.68. The topological polar surface area (TPSA) is 52.6 Å². The minimum atomic E-state index is -2.33. The number of halogens is 1. The van der Waals surface area contributed by atoms with Crippen molar-refractivity contribution in [2.75, 3.05) is 14.2 Å². The van der Waals surface area contributed by atoms with Crippen LogP contribution < -0.4 is 0 Å². The first kappa shape index (κ1) is 9.71. The molecule has 0 aromatic heterocycles. The van der Waals surface area contributed by atoms with Gasteiger partial charge in [-0.3, -0.25) is 9.59 Å². The number of allylic oxidation sites excluding steroid dienone is 1. The van der Waals surface area contributed by atoms with Gasteiger partial charge in [0.1, 0.15) is 0 Å². The second-order valence-corrected chi connectivity index (χ2v) is 3.60. The van der Waals surface area contributed by atoms with E-state index in [1.165, 1.54) is 0 Å². The van der Waals surface area contributed by atoms with E-state index in [9.17, 15) is 9.59 Å². The summed E-state index contributed by atoms with van der Waals surface area (Å²) in [6.07, 6.45) is -2.33. The number of hydrogen-bond donors (Lipinski definition) is 0. The molecule has 0 saturated heterocycles. The standard InChI is InChI=1S/C9H13BrO4/c1-6(10)5-9(2,7(11)13-3)8(12)14-4/h1,5H2,2-4H3/i5D2. The summed E-state index contributed by atoms with van der Waals surface area (Å²) in [5.41, 5.74) is -2.10. The van der Waals surface area contributed by atoms with Crippen LogP contribution in [0.3, 0.4) is 0 Å². The van der Waals surface area contributed by atoms with E-state index in [0.29, 0.717) is 0 Å². The molecule has 0 aromatic carbocycles. The molecule has 80 valence electrons. The maximum Gasteiger partial charge on any atom is 0.323 e. The molecule has 4 nitrogen and oxygen atoms in total. The fourth-order valence-electron chi connectivity index (χ4n) is 0.865. The van der Waals surface area contributed by atoms with Gasteiger partial charge < -0.3 is 9.47 Å². The highest BCUT2D eigenvalue weighted by Crippen LogP contribution is 2.30. The number of methoxy groups -OCH3 is 2. The Balaban J connectivity index is 5.67. The van der Waals surface area contributed by atoms with Gasteiger partial charge in [0, 0.05) is 9.11 Å². The second kappa shape index (κ2) is 5.14. The van der Waals surface area contributed by atoms with Gasteiger partial charge in [0.05, 0.1) is 14.2 Å². The van der Waals surface area contributed by atoms with E-state index >= 15 is 0 Å². The molecule has 0 atom stereocenters. The highest BCUT2D eigenvalue weighted by molar-refractivity contribution is 9.11. The Labute approximate surface area is 94.2 Å². The van der Waals surface area contributed by atoms with Crippen molar-refractivity contribution < 1.29 is 21.8 Å². The number of ether oxygens (including phenoxy) is 2. The maximum atomic E-state index is 11.6. The van der Waals surface area contributed by atoms with E-state index in [1.54, 1.807) is 0 Å². The normalized spacial score (nSPS) is 13.7. The van der Waals surface area contributed by atoms with E-state index < -0.39 is 23.7 Å². The van der Waals surface area contributed by atoms with Crippen molar-refractivity contribution in [3.05, 3.63) is 11.1 Å². The molecule has 0 aliphatic carbocycles. The molecule has 0 aliphatic heterocycles. The third-order valence-corrected chi connectivity index (χ3v) is 1.77. The van der Waals surface area contributed by atoms with Crippen LogP contribution in [-0.4, -0.2) is 26.2 Å². The van der Waals surface area contributed by atoms with Gasteiger partial charge in [-0.15, -0.1) is 0 Å². The minimum Gasteiger partial charge on any atom is -0.468 e. The van der Waals surface area contributed by atoms with Crippen molar-refractivity contribution in [3.8, 4) is 0 Å². The first-order valence-corrected chi connectivity index (χ1v) is 4.47. The van der Waals surface area contributed by atoms with Crippen molar-refractivity contribution in [2.24, 2.45) is 5.41 Å². The molecule has 0 rings (SSSR count). The molecule has 0 saturated carbocycles. The van der Waals surface area contributed by atoms with Crippen LogP contribution in [0.15, 0.2) is 11.1 Å². The first-order chi connectivity index (χ1) is 7.16. The number of carbonyl (C=O) groups is 2. The summed E-state index contributed by atoms with van der Waals surface area (Å²) < 4.78 is 24.2. The maximum absolute atomic E-state index is 11.6. The Hall–Kier alpha value is -0.840. The van der Waals surface area contributed by atoms with Gasteiger partial charge in [0.15, 0.2) is 5.41 Å². The molecule has 14 heavy (non-hydrogen) atoms. The SMILES string of the molecule is [2H]C([2H])(C(=C)Br)C(C)(C(=O)OC)C(=O)OC. The van der Waals surface area contributed by atoms with E-state index in [-0.39, 0.29) is 4.48 Å². The average Bonchev–Trinajstić information content (AvgIpc) is 2.24. The lowest BCUT2D eigenvalue weighted by molar-refractivity contribution is -0.167. The molecule has 0 bridgehead atoms. The molecule has 0 aliphatic rings. The number of carbonyl (C=O) groups excluding carboxylic acids is 2. The molecular weight excluding hydrogens is 252 g/mol. The van der Waals surface area contributed by atoms with Crippen molar-refractivity contribution in [2.45, 2.75) is 13.3 Å². The monoisotopic (exact) mass is 266 g/mol. The molecular formula is C9H13BrO4. The summed E-state index contributed by atoms with van der Waals surface area (Å²) in [5, 5.41) is 0. The zero-order chi connectivity index (χ0) is 13.1. The number of rotatable bonds is 4. The van der Waals surface area contributed by atoms with Crippen molar-refractivity contribution >= 4 is 27.9 Å². The van der Waals surface area contributed by atoms with E-state index in [1.807, 2.05) is 0 Å². The molecule has 0 N–H and O–H groups in total. The second-order valence-electron chi connectivity index (χ2n) is 2.64. The Morgan fingerprint density at radius 2 is 1.79 bits per heavy atom. The van der Waals surface area contributed by atoms with Crippen LogP contribution in [-0.2, 0) is 19.1 Å². The van der Waals surface area contributed by atoms with Crippen LogP contribution in [0, 0.1) is 5.41 Å². The van der Waals surface area contributed by atoms with Crippen LogP contribution in [0.4, 0.5) is 0 Å². The number of esters is 2. The summed E-state index contributed by atoms with van der Waals surface area (Å²) in [4.78, 5) is 23.1. The van der Waals surface area contributed by atoms with Gasteiger partial charge in [-0.2, -0.15) is 0 Å². The lowest BCUT2D eigenvalue weighted by Crippen LogP contribution is -2.38. The fourth-order valence-corrected chi connectivity index (χ4v) is 1.26. The van der Waals surface area contributed by atoms with Crippen LogP contribution in [0.5, 0.6) is 0 Å². The van der Waals surface area contributed by atoms with Gasteiger partial charge in [-0.1, -0.05) is 22.5 Å². The summed E-state index contributed by atoms with van der Waals surface area (Å²) in [6.45, 7) is 4.46. The lowest BCUT2D eigenvalue weighted by Gasteiger charge is -2.22. The fraction of sp³-hybridized carbons (Fsp3) is 0.556. The summed E-state index contributed by atoms with van der Waals surface area (Å²) >= 11 is 2.84. The van der Waals surface area contributed by atoms with Gasteiger partial charge in [0.2, 0.25) is 0 Å². The van der Waals surface area contributed by atoms with Crippen LogP contribution >= 0.6 is 15.9 Å². The Kier molecular flexibility index (Phi) is 3.57. The third-order valence-electron chi connectivity index (χ3n) is 1.57. The summed E-state index contributed by atoms with van der Waals surface area (Å²) in [7, 11) is 2.13. The molecule has 0 spiro atoms. The highest BCUT2D eigenvalue weighted by atomic mass is 79.9. The number of hydrogen-bond acceptors (Lipinski definition) is 4. The van der Waals surface area contributed by atoms with Crippen molar-refractivity contribution in [1.29, 1.82) is 0 Å². The lowest BCUT2D eigenvalue weighted by atomic mass is 9.87. The zero-order valence-corrected chi connectivity index (χ0v) is 9.80. The third kappa shape index (κ3) is 2.83. The van der Waals surface area contributed by atoms with E-state index in [2.05, 4.69) is 32.0 Å². The average molecular weight is 267 g/mol.